The number of pyridine rings is 1. The van der Waals surface area contributed by atoms with Gasteiger partial charge in [0, 0.05) is 11.6 Å². The average molecular weight is 374 g/mol. The molecule has 3 aromatic rings. The summed E-state index contributed by atoms with van der Waals surface area (Å²) in [5, 5.41) is 3.59. The lowest BCUT2D eigenvalue weighted by atomic mass is 9.96. The van der Waals surface area contributed by atoms with Crippen molar-refractivity contribution in [3.05, 3.63) is 71.9 Å². The second-order valence-electron chi connectivity index (χ2n) is 7.24. The van der Waals surface area contributed by atoms with Crippen molar-refractivity contribution in [2.75, 3.05) is 0 Å². The molecule has 2 aromatic carbocycles. The molecule has 0 saturated carbocycles. The van der Waals surface area contributed by atoms with Crippen LogP contribution in [0.2, 0.25) is 0 Å². The predicted octanol–water partition coefficient (Wildman–Crippen LogP) is 4.59. The number of nitrogens with two attached hydrogens (primary N) is 1. The van der Waals surface area contributed by atoms with Crippen LogP contribution in [0.25, 0.3) is 10.9 Å². The summed E-state index contributed by atoms with van der Waals surface area (Å²) in [5.74, 6) is 0.448. The number of nitrogens with one attached hydrogen (secondary N) is 1. The molecule has 1 heterocycles. The van der Waals surface area contributed by atoms with Crippen LogP contribution in [0.5, 0.6) is 0 Å². The molecule has 0 aliphatic rings. The van der Waals surface area contributed by atoms with Gasteiger partial charge in [0.25, 0.3) is 5.91 Å². The van der Waals surface area contributed by atoms with E-state index >= 15 is 0 Å². The lowest BCUT2D eigenvalue weighted by molar-refractivity contribution is 0.0978. The monoisotopic (exact) mass is 374 g/mol. The van der Waals surface area contributed by atoms with E-state index in [0.717, 1.165) is 35.7 Å². The summed E-state index contributed by atoms with van der Waals surface area (Å²) < 4.78 is 0. The number of aryl methyl sites for hydroxylation is 1. The Kier molecular flexibility index (Phi) is 6.37. The first-order chi connectivity index (χ1) is 13.5. The number of carbonyl (C=O) groups excluding carboxylic acids is 1. The van der Waals surface area contributed by atoms with Gasteiger partial charge in [0.05, 0.1) is 16.8 Å². The first-order valence-electron chi connectivity index (χ1n) is 9.62. The molecule has 0 bridgehead atoms. The largest absolute Gasteiger partial charge is 0.369 e. The first-order valence-corrected chi connectivity index (χ1v) is 9.62. The van der Waals surface area contributed by atoms with Crippen molar-refractivity contribution in [1.29, 1.82) is 0 Å². The molecule has 1 aromatic heterocycles. The topological polar surface area (TPSA) is 80.4 Å². The standard InChI is InChI=1S/C23H26N4O/c1-16(2)8-6-9-17-10-7-13-20-21(17)19(14-15-25-20)22(28)27-23(24)26-18-11-4-3-5-12-18/h3-5,7,10-16H,6,8-9H2,1-2H3,(H3,24,26,27,28). The van der Waals surface area contributed by atoms with E-state index < -0.39 is 0 Å². The van der Waals surface area contributed by atoms with E-state index in [2.05, 4.69) is 35.2 Å². The van der Waals surface area contributed by atoms with E-state index in [-0.39, 0.29) is 11.9 Å². The normalized spacial score (nSPS) is 11.8. The zero-order chi connectivity index (χ0) is 19.9. The van der Waals surface area contributed by atoms with Gasteiger partial charge in [0.15, 0.2) is 0 Å². The Labute approximate surface area is 165 Å². The van der Waals surface area contributed by atoms with Gasteiger partial charge in [-0.3, -0.25) is 15.1 Å². The maximum Gasteiger partial charge on any atom is 0.258 e. The number of para-hydroxylation sites is 1. The minimum atomic E-state index is -0.277. The SMILES string of the molecule is CC(C)CCCc1cccc2nccc(C(=O)NC(N)=Nc3ccccc3)c12. The van der Waals surface area contributed by atoms with Crippen molar-refractivity contribution in [3.8, 4) is 0 Å². The Morgan fingerprint density at radius 3 is 2.64 bits per heavy atom. The van der Waals surface area contributed by atoms with Crippen molar-refractivity contribution in [2.24, 2.45) is 16.6 Å². The van der Waals surface area contributed by atoms with Crippen molar-refractivity contribution in [1.82, 2.24) is 10.3 Å². The van der Waals surface area contributed by atoms with Crippen LogP contribution in [-0.4, -0.2) is 16.9 Å². The summed E-state index contributed by atoms with van der Waals surface area (Å²) in [6.07, 6.45) is 4.79. The Hall–Kier alpha value is -3.21. The van der Waals surface area contributed by atoms with Gasteiger partial charge in [-0.15, -0.1) is 0 Å². The Morgan fingerprint density at radius 1 is 1.11 bits per heavy atom. The Balaban J connectivity index is 1.87. The highest BCUT2D eigenvalue weighted by Crippen LogP contribution is 2.23. The summed E-state index contributed by atoms with van der Waals surface area (Å²) in [7, 11) is 0. The van der Waals surface area contributed by atoms with E-state index in [0.29, 0.717) is 17.2 Å². The molecule has 0 spiro atoms. The predicted molar refractivity (Wildman–Crippen MR) is 115 cm³/mol. The number of aliphatic imine (C=N–C) groups is 1. The number of rotatable bonds is 6. The van der Waals surface area contributed by atoms with Crippen LogP contribution in [0.3, 0.4) is 0 Å². The quantitative estimate of drug-likeness (QED) is 0.489. The molecule has 0 saturated heterocycles. The van der Waals surface area contributed by atoms with Gasteiger partial charge in [-0.25, -0.2) is 4.99 Å². The number of nitrogens with zero attached hydrogens (tertiary/aromatic N) is 2. The summed E-state index contributed by atoms with van der Waals surface area (Å²) in [6.45, 7) is 4.44. The molecule has 0 unspecified atom stereocenters. The van der Waals surface area contributed by atoms with Crippen LogP contribution in [0.4, 0.5) is 5.69 Å². The third-order valence-corrected chi connectivity index (χ3v) is 4.57. The van der Waals surface area contributed by atoms with Crippen molar-refractivity contribution >= 4 is 28.5 Å². The van der Waals surface area contributed by atoms with Gasteiger partial charge < -0.3 is 5.73 Å². The number of guanidine groups is 1. The molecular formula is C23H26N4O. The van der Waals surface area contributed by atoms with Gasteiger partial charge in [0.1, 0.15) is 0 Å². The molecule has 3 N–H and O–H groups in total. The molecule has 3 rings (SSSR count). The lowest BCUT2D eigenvalue weighted by Gasteiger charge is -2.12. The number of carbonyl (C=O) groups is 1. The molecule has 0 radical (unpaired) electrons. The highest BCUT2D eigenvalue weighted by atomic mass is 16.1. The number of amides is 1. The summed E-state index contributed by atoms with van der Waals surface area (Å²) in [4.78, 5) is 21.6. The van der Waals surface area contributed by atoms with E-state index in [9.17, 15) is 4.79 Å². The molecule has 5 nitrogen and oxygen atoms in total. The smallest absolute Gasteiger partial charge is 0.258 e. The Bertz CT molecular complexity index is 975. The van der Waals surface area contributed by atoms with Crippen molar-refractivity contribution in [3.63, 3.8) is 0 Å². The number of hydrogen-bond acceptors (Lipinski definition) is 3. The molecule has 28 heavy (non-hydrogen) atoms. The molecule has 0 aliphatic carbocycles. The maximum atomic E-state index is 12.9. The van der Waals surface area contributed by atoms with Crippen LogP contribution in [0.15, 0.2) is 65.8 Å². The van der Waals surface area contributed by atoms with E-state index in [1.807, 2.05) is 42.5 Å². The van der Waals surface area contributed by atoms with Crippen molar-refractivity contribution in [2.45, 2.75) is 33.1 Å². The van der Waals surface area contributed by atoms with E-state index in [4.69, 9.17) is 5.73 Å². The molecule has 0 atom stereocenters. The van der Waals surface area contributed by atoms with Crippen LogP contribution in [0.1, 0.15) is 42.6 Å². The van der Waals surface area contributed by atoms with Gasteiger partial charge >= 0.3 is 0 Å². The second-order valence-corrected chi connectivity index (χ2v) is 7.24. The minimum Gasteiger partial charge on any atom is -0.369 e. The fourth-order valence-electron chi connectivity index (χ4n) is 3.23. The highest BCUT2D eigenvalue weighted by molar-refractivity contribution is 6.12. The van der Waals surface area contributed by atoms with Gasteiger partial charge in [-0.05, 0) is 48.6 Å². The number of hydrogen-bond donors (Lipinski definition) is 2. The van der Waals surface area contributed by atoms with E-state index in [1.165, 1.54) is 0 Å². The van der Waals surface area contributed by atoms with Crippen molar-refractivity contribution < 1.29 is 4.79 Å². The zero-order valence-corrected chi connectivity index (χ0v) is 16.4. The van der Waals surface area contributed by atoms with Crippen LogP contribution in [-0.2, 0) is 6.42 Å². The zero-order valence-electron chi connectivity index (χ0n) is 16.4. The summed E-state index contributed by atoms with van der Waals surface area (Å²) in [6, 6.07) is 17.0. The highest BCUT2D eigenvalue weighted by Gasteiger charge is 2.14. The van der Waals surface area contributed by atoms with Gasteiger partial charge in [-0.1, -0.05) is 50.6 Å². The molecule has 0 fully saturated rings. The summed E-state index contributed by atoms with van der Waals surface area (Å²) >= 11 is 0. The van der Waals surface area contributed by atoms with Crippen LogP contribution < -0.4 is 11.1 Å². The second kappa shape index (κ2) is 9.13. The Morgan fingerprint density at radius 2 is 1.89 bits per heavy atom. The molecule has 144 valence electrons. The van der Waals surface area contributed by atoms with Gasteiger partial charge in [0.2, 0.25) is 5.96 Å². The minimum absolute atomic E-state index is 0.0680. The summed E-state index contributed by atoms with van der Waals surface area (Å²) in [5.41, 5.74) is 9.14. The molecular weight excluding hydrogens is 348 g/mol. The molecule has 0 aliphatic heterocycles. The number of benzene rings is 2. The average Bonchev–Trinajstić information content (AvgIpc) is 2.68. The number of aromatic nitrogens is 1. The third kappa shape index (κ3) is 4.94. The van der Waals surface area contributed by atoms with Crippen LogP contribution in [0, 0.1) is 5.92 Å². The third-order valence-electron chi connectivity index (χ3n) is 4.57. The molecule has 5 heteroatoms. The number of fused-ring (bicyclic) bond motifs is 1. The fraction of sp³-hybridized carbons (Fsp3) is 0.261. The van der Waals surface area contributed by atoms with E-state index in [1.54, 1.807) is 12.3 Å². The lowest BCUT2D eigenvalue weighted by Crippen LogP contribution is -2.36. The molecule has 1 amide bonds. The first kappa shape index (κ1) is 19.5. The van der Waals surface area contributed by atoms with Gasteiger partial charge in [-0.2, -0.15) is 0 Å². The fourth-order valence-corrected chi connectivity index (χ4v) is 3.23. The van der Waals surface area contributed by atoms with Crippen LogP contribution >= 0.6 is 0 Å². The maximum absolute atomic E-state index is 12.9.